The van der Waals surface area contributed by atoms with Gasteiger partial charge in [-0.2, -0.15) is 0 Å². The lowest BCUT2D eigenvalue weighted by Gasteiger charge is -2.09. The zero-order valence-electron chi connectivity index (χ0n) is 14.2. The van der Waals surface area contributed by atoms with Crippen LogP contribution in [-0.2, 0) is 4.79 Å². The van der Waals surface area contributed by atoms with Crippen LogP contribution in [0.5, 0.6) is 0 Å². The Kier molecular flexibility index (Phi) is 7.24. The molecular formula is C18H18F2N4O3. The first-order valence-electron chi connectivity index (χ1n) is 8.05. The van der Waals surface area contributed by atoms with Gasteiger partial charge in [0.15, 0.2) is 0 Å². The minimum atomic E-state index is -0.583. The Bertz CT molecular complexity index is 795. The molecular weight excluding hydrogens is 358 g/mol. The van der Waals surface area contributed by atoms with E-state index in [9.17, 15) is 23.2 Å². The summed E-state index contributed by atoms with van der Waals surface area (Å²) in [5.74, 6) is -1.72. The largest absolute Gasteiger partial charge is 0.350 e. The molecule has 2 aromatic rings. The molecule has 2 rings (SSSR count). The van der Waals surface area contributed by atoms with E-state index in [1.54, 1.807) is 0 Å². The number of halogens is 2. The Morgan fingerprint density at radius 2 is 1.30 bits per heavy atom. The number of carbonyl (C=O) groups is 3. The van der Waals surface area contributed by atoms with Crippen LogP contribution in [0.1, 0.15) is 10.4 Å². The Balaban J connectivity index is 1.60. The number of hydrogen-bond acceptors (Lipinski definition) is 3. The molecule has 7 nitrogen and oxygen atoms in total. The van der Waals surface area contributed by atoms with Gasteiger partial charge in [-0.25, -0.2) is 13.6 Å². The van der Waals surface area contributed by atoms with Crippen molar-refractivity contribution in [3.63, 3.8) is 0 Å². The van der Waals surface area contributed by atoms with Gasteiger partial charge in [0, 0.05) is 24.3 Å². The molecule has 0 radical (unpaired) electrons. The van der Waals surface area contributed by atoms with Crippen LogP contribution in [0.4, 0.5) is 19.3 Å². The van der Waals surface area contributed by atoms with Crippen molar-refractivity contribution >= 4 is 23.5 Å². The molecule has 0 saturated heterocycles. The number of hydrogen-bond donors (Lipinski definition) is 4. The summed E-state index contributed by atoms with van der Waals surface area (Å²) < 4.78 is 25.6. The predicted octanol–water partition coefficient (Wildman–Crippen LogP) is 1.63. The summed E-state index contributed by atoms with van der Waals surface area (Å²) in [6.07, 6.45) is 0. The van der Waals surface area contributed by atoms with E-state index >= 15 is 0 Å². The molecule has 0 fully saturated rings. The maximum atomic E-state index is 12.8. The molecule has 2 aromatic carbocycles. The molecule has 27 heavy (non-hydrogen) atoms. The molecule has 0 aromatic heterocycles. The van der Waals surface area contributed by atoms with Crippen molar-refractivity contribution in [1.82, 2.24) is 16.0 Å². The Labute approximate surface area is 154 Å². The van der Waals surface area contributed by atoms with Gasteiger partial charge in [-0.05, 0) is 48.5 Å². The van der Waals surface area contributed by atoms with Crippen LogP contribution in [0.3, 0.4) is 0 Å². The summed E-state index contributed by atoms with van der Waals surface area (Å²) in [5.41, 5.74) is 0.713. The second kappa shape index (κ2) is 9.85. The number of nitrogens with one attached hydrogen (secondary N) is 4. The third-order valence-electron chi connectivity index (χ3n) is 3.34. The molecule has 0 spiro atoms. The number of amides is 4. The van der Waals surface area contributed by atoms with E-state index < -0.39 is 29.5 Å². The number of urea groups is 1. The lowest BCUT2D eigenvalue weighted by Crippen LogP contribution is -2.42. The van der Waals surface area contributed by atoms with Crippen LogP contribution in [0.15, 0.2) is 48.5 Å². The summed E-state index contributed by atoms with van der Waals surface area (Å²) in [5, 5.41) is 9.88. The summed E-state index contributed by atoms with van der Waals surface area (Å²) >= 11 is 0. The summed E-state index contributed by atoms with van der Waals surface area (Å²) in [7, 11) is 0. The van der Waals surface area contributed by atoms with E-state index in [4.69, 9.17) is 0 Å². The molecule has 9 heteroatoms. The Hall–Kier alpha value is -3.49. The van der Waals surface area contributed by atoms with E-state index in [1.165, 1.54) is 48.5 Å². The molecule has 0 aliphatic rings. The topological polar surface area (TPSA) is 99.3 Å². The van der Waals surface area contributed by atoms with Crippen molar-refractivity contribution in [3.05, 3.63) is 65.7 Å². The summed E-state index contributed by atoms with van der Waals surface area (Å²) in [4.78, 5) is 35.0. The molecule has 0 heterocycles. The van der Waals surface area contributed by atoms with Gasteiger partial charge < -0.3 is 21.3 Å². The summed E-state index contributed by atoms with van der Waals surface area (Å²) in [6, 6.07) is 9.69. The molecule has 0 unspecified atom stereocenters. The maximum Gasteiger partial charge on any atom is 0.315 e. The zero-order valence-corrected chi connectivity index (χ0v) is 14.2. The zero-order chi connectivity index (χ0) is 19.6. The first kappa shape index (κ1) is 19.8. The van der Waals surface area contributed by atoms with Crippen LogP contribution in [0.2, 0.25) is 0 Å². The van der Waals surface area contributed by atoms with Gasteiger partial charge in [0.2, 0.25) is 5.91 Å². The highest BCUT2D eigenvalue weighted by Crippen LogP contribution is 2.07. The van der Waals surface area contributed by atoms with Crippen molar-refractivity contribution in [2.24, 2.45) is 0 Å². The van der Waals surface area contributed by atoms with Gasteiger partial charge in [0.05, 0.1) is 6.54 Å². The third kappa shape index (κ3) is 7.10. The minimum Gasteiger partial charge on any atom is -0.350 e. The number of carbonyl (C=O) groups excluding carboxylic acids is 3. The van der Waals surface area contributed by atoms with E-state index in [0.717, 1.165) is 0 Å². The molecule has 0 aliphatic heterocycles. The monoisotopic (exact) mass is 376 g/mol. The van der Waals surface area contributed by atoms with Crippen molar-refractivity contribution in [2.75, 3.05) is 25.0 Å². The fraction of sp³-hybridized carbons (Fsp3) is 0.167. The average molecular weight is 376 g/mol. The van der Waals surface area contributed by atoms with Crippen molar-refractivity contribution in [3.8, 4) is 0 Å². The fourth-order valence-corrected chi connectivity index (χ4v) is 2.02. The van der Waals surface area contributed by atoms with Crippen LogP contribution < -0.4 is 21.3 Å². The van der Waals surface area contributed by atoms with Gasteiger partial charge in [-0.1, -0.05) is 0 Å². The van der Waals surface area contributed by atoms with Gasteiger partial charge in [0.1, 0.15) is 11.6 Å². The van der Waals surface area contributed by atoms with Gasteiger partial charge >= 0.3 is 6.03 Å². The van der Waals surface area contributed by atoms with Gasteiger partial charge in [0.25, 0.3) is 5.91 Å². The molecule has 0 bridgehead atoms. The second-order valence-corrected chi connectivity index (χ2v) is 5.43. The van der Waals surface area contributed by atoms with Gasteiger partial charge in [-0.3, -0.25) is 9.59 Å². The van der Waals surface area contributed by atoms with Crippen molar-refractivity contribution in [1.29, 1.82) is 0 Å². The first-order valence-corrected chi connectivity index (χ1v) is 8.05. The van der Waals surface area contributed by atoms with Crippen molar-refractivity contribution < 1.29 is 23.2 Å². The normalized spacial score (nSPS) is 10.0. The molecule has 4 N–H and O–H groups in total. The van der Waals surface area contributed by atoms with E-state index in [0.29, 0.717) is 11.3 Å². The van der Waals surface area contributed by atoms with E-state index in [-0.39, 0.29) is 19.6 Å². The predicted molar refractivity (Wildman–Crippen MR) is 95.2 cm³/mol. The molecule has 142 valence electrons. The maximum absolute atomic E-state index is 12.8. The average Bonchev–Trinajstić information content (AvgIpc) is 2.66. The number of rotatable bonds is 7. The lowest BCUT2D eigenvalue weighted by atomic mass is 10.2. The van der Waals surface area contributed by atoms with Gasteiger partial charge in [-0.15, -0.1) is 0 Å². The first-order chi connectivity index (χ1) is 12.9. The summed E-state index contributed by atoms with van der Waals surface area (Å²) in [6.45, 7) is 0.0227. The molecule has 0 saturated carbocycles. The van der Waals surface area contributed by atoms with E-state index in [1.807, 2.05) is 0 Å². The fourth-order valence-electron chi connectivity index (χ4n) is 2.02. The minimum absolute atomic E-state index is 0.137. The molecule has 0 atom stereocenters. The standard InChI is InChI=1S/C18H18F2N4O3/c19-13-3-1-12(2-4-13)17(26)21-9-10-22-18(27)23-11-16(25)24-15-7-5-14(20)6-8-15/h1-8H,9-11H2,(H,21,26)(H,24,25)(H2,22,23,27). The highest BCUT2D eigenvalue weighted by atomic mass is 19.1. The highest BCUT2D eigenvalue weighted by Gasteiger charge is 2.07. The van der Waals surface area contributed by atoms with Crippen LogP contribution in [-0.4, -0.2) is 37.5 Å². The molecule has 0 aliphatic carbocycles. The van der Waals surface area contributed by atoms with Crippen molar-refractivity contribution in [2.45, 2.75) is 0 Å². The van der Waals surface area contributed by atoms with E-state index in [2.05, 4.69) is 21.3 Å². The lowest BCUT2D eigenvalue weighted by molar-refractivity contribution is -0.115. The van der Waals surface area contributed by atoms with Crippen LogP contribution in [0, 0.1) is 11.6 Å². The number of benzene rings is 2. The van der Waals surface area contributed by atoms with Crippen LogP contribution >= 0.6 is 0 Å². The highest BCUT2D eigenvalue weighted by molar-refractivity contribution is 5.94. The quantitative estimate of drug-likeness (QED) is 0.553. The Morgan fingerprint density at radius 1 is 0.741 bits per heavy atom. The van der Waals surface area contributed by atoms with Crippen LogP contribution in [0.25, 0.3) is 0 Å². The second-order valence-electron chi connectivity index (χ2n) is 5.43. The SMILES string of the molecule is O=C(CNC(=O)NCCNC(=O)c1ccc(F)cc1)Nc1ccc(F)cc1. The number of anilines is 1. The molecule has 4 amide bonds. The Morgan fingerprint density at radius 3 is 1.93 bits per heavy atom. The third-order valence-corrected chi connectivity index (χ3v) is 3.34. The smallest absolute Gasteiger partial charge is 0.315 e.